The molecule has 1 aromatic heterocycles. The normalized spacial score (nSPS) is 13.0. The summed E-state index contributed by atoms with van der Waals surface area (Å²) in [4.78, 5) is 26.5. The molecule has 1 aliphatic rings. The quantitative estimate of drug-likeness (QED) is 0.713. The van der Waals surface area contributed by atoms with Crippen LogP contribution in [-0.2, 0) is 11.2 Å². The number of benzene rings is 2. The Kier molecular flexibility index (Phi) is 4.58. The minimum Gasteiger partial charge on any atom is -0.459 e. The molecule has 0 radical (unpaired) electrons. The van der Waals surface area contributed by atoms with Gasteiger partial charge in [-0.2, -0.15) is 0 Å². The smallest absolute Gasteiger partial charge is 0.293 e. The zero-order valence-electron chi connectivity index (χ0n) is 14.6. The van der Waals surface area contributed by atoms with Crippen LogP contribution in [0.1, 0.15) is 21.7 Å². The number of carbonyl (C=O) groups is 2. The molecule has 1 aliphatic heterocycles. The predicted octanol–water partition coefficient (Wildman–Crippen LogP) is 4.13. The molecule has 0 unspecified atom stereocenters. The largest absolute Gasteiger partial charge is 0.459 e. The summed E-state index contributed by atoms with van der Waals surface area (Å²) in [5, 5.41) is 2.85. The summed E-state index contributed by atoms with van der Waals surface area (Å²) in [5.74, 6) is -0.0880. The molecule has 0 aliphatic carbocycles. The Morgan fingerprint density at radius 3 is 2.67 bits per heavy atom. The van der Waals surface area contributed by atoms with E-state index in [9.17, 15) is 9.59 Å². The van der Waals surface area contributed by atoms with Crippen molar-refractivity contribution in [3.63, 3.8) is 0 Å². The van der Waals surface area contributed by atoms with E-state index in [4.69, 9.17) is 4.42 Å². The summed E-state index contributed by atoms with van der Waals surface area (Å²) in [5.41, 5.74) is 3.49. The fourth-order valence-electron chi connectivity index (χ4n) is 3.12. The molecule has 2 amide bonds. The maximum Gasteiger partial charge on any atom is 0.293 e. The Bertz CT molecular complexity index is 992. The third-order valence-electron chi connectivity index (χ3n) is 4.45. The van der Waals surface area contributed by atoms with Crippen LogP contribution in [0.3, 0.4) is 0 Å². The van der Waals surface area contributed by atoms with Gasteiger partial charge in [-0.15, -0.1) is 0 Å². The molecule has 4 rings (SSSR count). The van der Waals surface area contributed by atoms with Crippen molar-refractivity contribution in [2.45, 2.75) is 6.42 Å². The van der Waals surface area contributed by atoms with Crippen LogP contribution in [0.2, 0.25) is 0 Å². The van der Waals surface area contributed by atoms with Gasteiger partial charge in [0, 0.05) is 24.0 Å². The van der Waals surface area contributed by atoms with Crippen LogP contribution in [0.5, 0.6) is 0 Å². The summed E-state index contributed by atoms with van der Waals surface area (Å²) < 4.78 is 5.22. The van der Waals surface area contributed by atoms with E-state index in [-0.39, 0.29) is 11.8 Å². The Morgan fingerprint density at radius 2 is 1.89 bits per heavy atom. The van der Waals surface area contributed by atoms with Gasteiger partial charge in [-0.25, -0.2) is 0 Å². The van der Waals surface area contributed by atoms with Crippen LogP contribution >= 0.6 is 0 Å². The number of rotatable bonds is 4. The molecule has 0 fully saturated rings. The van der Waals surface area contributed by atoms with Crippen molar-refractivity contribution in [2.75, 3.05) is 16.8 Å². The topological polar surface area (TPSA) is 62.6 Å². The van der Waals surface area contributed by atoms with Crippen molar-refractivity contribution in [3.05, 3.63) is 89.9 Å². The number of fused-ring (bicyclic) bond motifs is 1. The van der Waals surface area contributed by atoms with Crippen molar-refractivity contribution in [3.8, 4) is 0 Å². The summed E-state index contributed by atoms with van der Waals surface area (Å²) >= 11 is 0. The van der Waals surface area contributed by atoms with Gasteiger partial charge in [0.15, 0.2) is 5.76 Å². The highest BCUT2D eigenvalue weighted by atomic mass is 16.3. The highest BCUT2D eigenvalue weighted by molar-refractivity contribution is 6.06. The van der Waals surface area contributed by atoms with Gasteiger partial charge in [0.25, 0.3) is 5.91 Å². The number of furan rings is 1. The Labute approximate surface area is 156 Å². The van der Waals surface area contributed by atoms with Crippen LogP contribution in [-0.4, -0.2) is 18.4 Å². The minimum atomic E-state index is -0.222. The summed E-state index contributed by atoms with van der Waals surface area (Å²) in [6.45, 7) is 0.597. The maximum absolute atomic E-state index is 12.6. The Morgan fingerprint density at radius 1 is 1.04 bits per heavy atom. The lowest BCUT2D eigenvalue weighted by Crippen LogP contribution is -2.28. The average Bonchev–Trinajstić information content (AvgIpc) is 3.36. The monoisotopic (exact) mass is 358 g/mol. The van der Waals surface area contributed by atoms with Crippen molar-refractivity contribution in [2.24, 2.45) is 0 Å². The first-order valence-corrected chi connectivity index (χ1v) is 8.73. The van der Waals surface area contributed by atoms with Crippen molar-refractivity contribution in [1.29, 1.82) is 0 Å². The molecule has 1 N–H and O–H groups in total. The van der Waals surface area contributed by atoms with E-state index in [0.29, 0.717) is 18.0 Å². The zero-order valence-corrected chi connectivity index (χ0v) is 14.6. The second-order valence-electron chi connectivity index (χ2n) is 6.26. The van der Waals surface area contributed by atoms with Gasteiger partial charge in [-0.05, 0) is 47.9 Å². The highest BCUT2D eigenvalue weighted by Gasteiger charge is 2.27. The maximum atomic E-state index is 12.6. The number of carbonyl (C=O) groups excluding carboxylic acids is 2. The zero-order chi connectivity index (χ0) is 18.6. The highest BCUT2D eigenvalue weighted by Crippen LogP contribution is 2.32. The summed E-state index contributed by atoms with van der Waals surface area (Å²) in [7, 11) is 0. The Hall–Kier alpha value is -3.60. The molecule has 3 aromatic rings. The average molecular weight is 358 g/mol. The Balaban J connectivity index is 1.49. The van der Waals surface area contributed by atoms with Gasteiger partial charge in [-0.1, -0.05) is 36.4 Å². The van der Waals surface area contributed by atoms with E-state index in [1.54, 1.807) is 23.1 Å². The predicted molar refractivity (Wildman–Crippen MR) is 105 cm³/mol. The van der Waals surface area contributed by atoms with Crippen molar-refractivity contribution < 1.29 is 14.0 Å². The number of hydrogen-bond acceptors (Lipinski definition) is 3. The molecule has 0 bridgehead atoms. The molecule has 134 valence electrons. The van der Waals surface area contributed by atoms with Crippen molar-refractivity contribution >= 4 is 29.3 Å². The van der Waals surface area contributed by atoms with Crippen LogP contribution in [0.4, 0.5) is 11.4 Å². The molecule has 2 aromatic carbocycles. The molecule has 0 spiro atoms. The van der Waals surface area contributed by atoms with Crippen LogP contribution in [0, 0.1) is 0 Å². The van der Waals surface area contributed by atoms with Gasteiger partial charge in [-0.3, -0.25) is 9.59 Å². The van der Waals surface area contributed by atoms with Gasteiger partial charge >= 0.3 is 0 Å². The molecule has 5 nitrogen and oxygen atoms in total. The standard InChI is InChI=1S/C22H18N2O3/c25-21(11-8-16-5-2-1-3-6-16)23-18-10-9-17-12-13-24(19(17)15-18)22(26)20-7-4-14-27-20/h1-11,14-15H,12-13H2,(H,23,25). The first-order valence-electron chi connectivity index (χ1n) is 8.73. The van der Waals surface area contributed by atoms with Gasteiger partial charge in [0.1, 0.15) is 0 Å². The second-order valence-corrected chi connectivity index (χ2v) is 6.26. The first-order chi connectivity index (χ1) is 13.2. The molecular formula is C22H18N2O3. The lowest BCUT2D eigenvalue weighted by atomic mass is 10.1. The van der Waals surface area contributed by atoms with Gasteiger partial charge in [0.05, 0.1) is 6.26 Å². The van der Waals surface area contributed by atoms with Gasteiger partial charge in [0.2, 0.25) is 5.91 Å². The number of anilines is 2. The number of amides is 2. The molecule has 0 saturated carbocycles. The first kappa shape index (κ1) is 16.8. The van der Waals surface area contributed by atoms with Crippen LogP contribution in [0.15, 0.2) is 77.4 Å². The molecule has 0 atom stereocenters. The second kappa shape index (κ2) is 7.33. The van der Waals surface area contributed by atoms with Crippen LogP contribution in [0.25, 0.3) is 6.08 Å². The molecular weight excluding hydrogens is 340 g/mol. The summed E-state index contributed by atoms with van der Waals surface area (Å²) in [6.07, 6.45) is 5.52. The number of nitrogens with zero attached hydrogens (tertiary/aromatic N) is 1. The third-order valence-corrected chi connectivity index (χ3v) is 4.45. The van der Waals surface area contributed by atoms with Crippen molar-refractivity contribution in [1.82, 2.24) is 0 Å². The summed E-state index contributed by atoms with van der Waals surface area (Å²) in [6, 6.07) is 18.6. The van der Waals surface area contributed by atoms with E-state index in [1.165, 1.54) is 12.3 Å². The van der Waals surface area contributed by atoms with Gasteiger partial charge < -0.3 is 14.6 Å². The van der Waals surface area contributed by atoms with Crippen LogP contribution < -0.4 is 10.2 Å². The third kappa shape index (κ3) is 3.67. The van der Waals surface area contributed by atoms with E-state index < -0.39 is 0 Å². The fraction of sp³-hybridized carbons (Fsp3) is 0.0909. The minimum absolute atomic E-state index is 0.175. The van der Waals surface area contributed by atoms with E-state index in [2.05, 4.69) is 5.32 Å². The SMILES string of the molecule is O=C(C=Cc1ccccc1)Nc1ccc2c(c1)N(C(=O)c1ccco1)CC2. The number of nitrogens with one attached hydrogen (secondary N) is 1. The molecule has 2 heterocycles. The van der Waals surface area contributed by atoms with E-state index in [1.807, 2.05) is 48.5 Å². The molecule has 5 heteroatoms. The lowest BCUT2D eigenvalue weighted by Gasteiger charge is -2.16. The molecule has 0 saturated heterocycles. The van der Waals surface area contributed by atoms with E-state index in [0.717, 1.165) is 23.2 Å². The van der Waals surface area contributed by atoms with E-state index >= 15 is 0 Å². The molecule has 27 heavy (non-hydrogen) atoms. The number of hydrogen-bond donors (Lipinski definition) is 1. The lowest BCUT2D eigenvalue weighted by molar-refractivity contribution is -0.111. The fourth-order valence-corrected chi connectivity index (χ4v) is 3.12.